The van der Waals surface area contributed by atoms with Gasteiger partial charge < -0.3 is 20.3 Å². The van der Waals surface area contributed by atoms with Crippen molar-refractivity contribution in [3.8, 4) is 0 Å². The lowest BCUT2D eigenvalue weighted by Crippen LogP contribution is -2.42. The second-order valence-corrected chi connectivity index (χ2v) is 6.66. The molecule has 3 rings (SSSR count). The van der Waals surface area contributed by atoms with Gasteiger partial charge in [0.15, 0.2) is 0 Å². The molecule has 2 aliphatic rings. The number of ether oxygens (including phenoxy) is 1. The van der Waals surface area contributed by atoms with Gasteiger partial charge in [0.1, 0.15) is 5.60 Å². The van der Waals surface area contributed by atoms with E-state index in [1.807, 2.05) is 18.7 Å². The molecule has 1 spiro atoms. The number of alkyl carbamates (subject to hydrolysis) is 1. The van der Waals surface area contributed by atoms with E-state index in [2.05, 4.69) is 20.8 Å². The minimum absolute atomic E-state index is 0.0527. The fourth-order valence-corrected chi connectivity index (χ4v) is 3.50. The van der Waals surface area contributed by atoms with Gasteiger partial charge >= 0.3 is 12.1 Å². The summed E-state index contributed by atoms with van der Waals surface area (Å²) in [4.78, 5) is 25.5. The summed E-state index contributed by atoms with van der Waals surface area (Å²) in [7, 11) is 0. The third-order valence-electron chi connectivity index (χ3n) is 4.98. The SMILES string of the molecule is Cc1n[nH]c(C)c1CCNC(=O)N1CCCC2(CC1)CNC(=O)O2. The number of aryl methyl sites for hydroxylation is 2. The molecule has 3 amide bonds. The number of hydrogen-bond donors (Lipinski definition) is 3. The number of amides is 3. The quantitative estimate of drug-likeness (QED) is 0.774. The van der Waals surface area contributed by atoms with Crippen molar-refractivity contribution in [3.05, 3.63) is 17.0 Å². The molecule has 2 aliphatic heterocycles. The Morgan fingerprint density at radius 3 is 2.88 bits per heavy atom. The van der Waals surface area contributed by atoms with E-state index in [9.17, 15) is 9.59 Å². The molecule has 1 aromatic rings. The first-order valence-corrected chi connectivity index (χ1v) is 8.49. The number of rotatable bonds is 3. The molecular formula is C16H25N5O3. The number of aromatic nitrogens is 2. The lowest BCUT2D eigenvalue weighted by molar-refractivity contribution is 0.0453. The lowest BCUT2D eigenvalue weighted by atomic mass is 9.95. The Morgan fingerprint density at radius 1 is 1.38 bits per heavy atom. The Hall–Kier alpha value is -2.25. The van der Waals surface area contributed by atoms with Crippen molar-refractivity contribution in [1.82, 2.24) is 25.7 Å². The maximum absolute atomic E-state index is 12.4. The predicted octanol–water partition coefficient (Wildman–Crippen LogP) is 1.24. The van der Waals surface area contributed by atoms with E-state index < -0.39 is 5.60 Å². The summed E-state index contributed by atoms with van der Waals surface area (Å²) >= 11 is 0. The summed E-state index contributed by atoms with van der Waals surface area (Å²) in [5.41, 5.74) is 2.76. The van der Waals surface area contributed by atoms with Gasteiger partial charge in [-0.05, 0) is 38.7 Å². The molecular weight excluding hydrogens is 310 g/mol. The fraction of sp³-hybridized carbons (Fsp3) is 0.688. The first-order valence-electron chi connectivity index (χ1n) is 8.49. The number of urea groups is 1. The molecule has 8 heteroatoms. The normalized spacial score (nSPS) is 23.8. The van der Waals surface area contributed by atoms with Crippen LogP contribution in [0.15, 0.2) is 0 Å². The molecule has 1 aromatic heterocycles. The van der Waals surface area contributed by atoms with E-state index >= 15 is 0 Å². The predicted molar refractivity (Wildman–Crippen MR) is 87.8 cm³/mol. The Morgan fingerprint density at radius 2 is 2.21 bits per heavy atom. The average Bonchev–Trinajstić information content (AvgIpc) is 2.98. The molecule has 1 unspecified atom stereocenters. The number of H-pyrrole nitrogens is 1. The van der Waals surface area contributed by atoms with Gasteiger partial charge in [-0.1, -0.05) is 0 Å². The minimum atomic E-state index is -0.433. The highest BCUT2D eigenvalue weighted by Gasteiger charge is 2.41. The van der Waals surface area contributed by atoms with Crippen molar-refractivity contribution in [2.45, 2.75) is 45.1 Å². The molecule has 0 aromatic carbocycles. The molecule has 1 atom stereocenters. The largest absolute Gasteiger partial charge is 0.441 e. The summed E-state index contributed by atoms with van der Waals surface area (Å²) in [5, 5.41) is 12.8. The van der Waals surface area contributed by atoms with E-state index in [-0.39, 0.29) is 12.1 Å². The average molecular weight is 335 g/mol. The van der Waals surface area contributed by atoms with Crippen LogP contribution in [0, 0.1) is 13.8 Å². The highest BCUT2D eigenvalue weighted by atomic mass is 16.6. The third-order valence-corrected chi connectivity index (χ3v) is 4.98. The van der Waals surface area contributed by atoms with Crippen LogP contribution >= 0.6 is 0 Å². The van der Waals surface area contributed by atoms with E-state index in [0.29, 0.717) is 32.6 Å². The van der Waals surface area contributed by atoms with Crippen LogP contribution in [-0.2, 0) is 11.2 Å². The van der Waals surface area contributed by atoms with Crippen LogP contribution in [0.4, 0.5) is 9.59 Å². The number of carbonyl (C=O) groups excluding carboxylic acids is 2. The Labute approximate surface area is 141 Å². The number of nitrogens with zero attached hydrogens (tertiary/aromatic N) is 2. The van der Waals surface area contributed by atoms with Gasteiger partial charge in [-0.2, -0.15) is 5.10 Å². The van der Waals surface area contributed by atoms with Crippen LogP contribution in [0.5, 0.6) is 0 Å². The summed E-state index contributed by atoms with van der Waals surface area (Å²) in [6, 6.07) is -0.0527. The molecule has 2 fully saturated rings. The molecule has 0 aliphatic carbocycles. The third kappa shape index (κ3) is 3.47. The van der Waals surface area contributed by atoms with Gasteiger partial charge in [0.2, 0.25) is 0 Å². The van der Waals surface area contributed by atoms with Crippen LogP contribution in [0.1, 0.15) is 36.2 Å². The second-order valence-electron chi connectivity index (χ2n) is 6.66. The van der Waals surface area contributed by atoms with Crippen molar-refractivity contribution in [1.29, 1.82) is 0 Å². The maximum Gasteiger partial charge on any atom is 0.407 e. The smallest absolute Gasteiger partial charge is 0.407 e. The molecule has 0 radical (unpaired) electrons. The zero-order valence-corrected chi connectivity index (χ0v) is 14.3. The molecule has 3 N–H and O–H groups in total. The molecule has 0 bridgehead atoms. The van der Waals surface area contributed by atoms with Gasteiger partial charge in [0.25, 0.3) is 0 Å². The van der Waals surface area contributed by atoms with E-state index in [4.69, 9.17) is 4.74 Å². The molecule has 8 nitrogen and oxygen atoms in total. The van der Waals surface area contributed by atoms with Gasteiger partial charge in [0, 0.05) is 31.7 Å². The van der Waals surface area contributed by atoms with Crippen LogP contribution in [0.3, 0.4) is 0 Å². The van der Waals surface area contributed by atoms with Crippen LogP contribution in [0.2, 0.25) is 0 Å². The van der Waals surface area contributed by atoms with Crippen molar-refractivity contribution >= 4 is 12.1 Å². The van der Waals surface area contributed by atoms with Crippen molar-refractivity contribution in [3.63, 3.8) is 0 Å². The molecule has 2 saturated heterocycles. The van der Waals surface area contributed by atoms with Crippen molar-refractivity contribution < 1.29 is 14.3 Å². The van der Waals surface area contributed by atoms with E-state index in [1.165, 1.54) is 0 Å². The summed E-state index contributed by atoms with van der Waals surface area (Å²) in [6.45, 7) is 6.37. The first-order chi connectivity index (χ1) is 11.5. The highest BCUT2D eigenvalue weighted by molar-refractivity contribution is 5.74. The number of aromatic amines is 1. The Kier molecular flexibility index (Phi) is 4.64. The number of hydrogen-bond acceptors (Lipinski definition) is 4. The van der Waals surface area contributed by atoms with Gasteiger partial charge in [0.05, 0.1) is 12.2 Å². The summed E-state index contributed by atoms with van der Waals surface area (Å²) in [5.74, 6) is 0. The topological polar surface area (TPSA) is 99.4 Å². The second kappa shape index (κ2) is 6.70. The first kappa shape index (κ1) is 16.6. The monoisotopic (exact) mass is 335 g/mol. The number of carbonyl (C=O) groups is 2. The molecule has 24 heavy (non-hydrogen) atoms. The maximum atomic E-state index is 12.4. The lowest BCUT2D eigenvalue weighted by Gasteiger charge is -2.25. The zero-order chi connectivity index (χ0) is 17.2. The molecule has 0 saturated carbocycles. The van der Waals surface area contributed by atoms with Crippen LogP contribution < -0.4 is 10.6 Å². The Balaban J connectivity index is 1.48. The fourth-order valence-electron chi connectivity index (χ4n) is 3.50. The van der Waals surface area contributed by atoms with Gasteiger partial charge in [-0.25, -0.2) is 9.59 Å². The standard InChI is InChI=1S/C16H25N5O3/c1-11-13(12(2)20-19-11)4-7-17-14(22)21-8-3-5-16(6-9-21)10-18-15(23)24-16/h3-10H2,1-2H3,(H,17,22)(H,18,23)(H,19,20). The van der Waals surface area contributed by atoms with E-state index in [1.54, 1.807) is 0 Å². The summed E-state index contributed by atoms with van der Waals surface area (Å²) in [6.07, 6.45) is 2.72. The van der Waals surface area contributed by atoms with Crippen molar-refractivity contribution in [2.24, 2.45) is 0 Å². The van der Waals surface area contributed by atoms with E-state index in [0.717, 1.165) is 36.2 Å². The Bertz CT molecular complexity index is 610. The van der Waals surface area contributed by atoms with Crippen LogP contribution in [0.25, 0.3) is 0 Å². The number of nitrogens with one attached hydrogen (secondary N) is 3. The molecule has 3 heterocycles. The zero-order valence-electron chi connectivity index (χ0n) is 14.3. The van der Waals surface area contributed by atoms with Gasteiger partial charge in [-0.3, -0.25) is 5.10 Å². The highest BCUT2D eigenvalue weighted by Crippen LogP contribution is 2.29. The minimum Gasteiger partial charge on any atom is -0.441 e. The summed E-state index contributed by atoms with van der Waals surface area (Å²) < 4.78 is 5.44. The number of likely N-dealkylation sites (tertiary alicyclic amines) is 1. The molecule has 132 valence electrons. The van der Waals surface area contributed by atoms with Crippen molar-refractivity contribution in [2.75, 3.05) is 26.2 Å². The van der Waals surface area contributed by atoms with Crippen LogP contribution in [-0.4, -0.2) is 59.0 Å². The van der Waals surface area contributed by atoms with Gasteiger partial charge in [-0.15, -0.1) is 0 Å².